The molecule has 2 heterocycles. The first-order chi connectivity index (χ1) is 14.6. The van der Waals surface area contributed by atoms with Crippen LogP contribution in [-0.2, 0) is 23.1 Å². The van der Waals surface area contributed by atoms with Crippen molar-refractivity contribution in [3.63, 3.8) is 0 Å². The van der Waals surface area contributed by atoms with E-state index in [1.165, 1.54) is 11.1 Å². The fourth-order valence-corrected chi connectivity index (χ4v) is 5.25. The third kappa shape index (κ3) is 3.65. The standard InChI is InChI=1S/C26H31NO3/c1-3-19(2)26(25(28)29,22-7-5-4-6-8-22)23-12-15-27(18-23)14-11-20-9-10-24-21(17-20)13-16-30-24/h3-10,17,23H,11-16,18H2,1-2H3,(H,28,29)/b19-3+/t23?,26-/m0/s1. The minimum absolute atomic E-state index is 0.0574. The molecule has 2 aromatic rings. The van der Waals surface area contributed by atoms with Crippen LogP contribution in [0.4, 0.5) is 0 Å². The summed E-state index contributed by atoms with van der Waals surface area (Å²) < 4.78 is 5.61. The van der Waals surface area contributed by atoms with Gasteiger partial charge in [-0.1, -0.05) is 54.1 Å². The summed E-state index contributed by atoms with van der Waals surface area (Å²) in [6, 6.07) is 16.3. The predicted molar refractivity (Wildman–Crippen MR) is 119 cm³/mol. The van der Waals surface area contributed by atoms with Crippen LogP contribution >= 0.6 is 0 Å². The molecule has 0 bridgehead atoms. The normalized spacial score (nSPS) is 21.1. The number of fused-ring (bicyclic) bond motifs is 1. The molecule has 0 saturated carbocycles. The second-order valence-electron chi connectivity index (χ2n) is 8.53. The van der Waals surface area contributed by atoms with Gasteiger partial charge in [0.25, 0.3) is 0 Å². The summed E-state index contributed by atoms with van der Waals surface area (Å²) in [5, 5.41) is 10.5. The van der Waals surface area contributed by atoms with Crippen LogP contribution in [0.25, 0.3) is 0 Å². The summed E-state index contributed by atoms with van der Waals surface area (Å²) in [6.45, 7) is 7.40. The number of nitrogens with zero attached hydrogens (tertiary/aromatic N) is 1. The number of benzene rings is 2. The molecular formula is C26H31NO3. The lowest BCUT2D eigenvalue weighted by Crippen LogP contribution is -2.45. The van der Waals surface area contributed by atoms with Gasteiger partial charge >= 0.3 is 5.97 Å². The van der Waals surface area contributed by atoms with Crippen molar-refractivity contribution in [3.05, 3.63) is 76.9 Å². The number of hydrogen-bond donors (Lipinski definition) is 1. The lowest BCUT2D eigenvalue weighted by molar-refractivity contribution is -0.144. The van der Waals surface area contributed by atoms with Gasteiger partial charge < -0.3 is 14.7 Å². The van der Waals surface area contributed by atoms with Gasteiger partial charge in [0.1, 0.15) is 11.2 Å². The zero-order chi connectivity index (χ0) is 21.1. The van der Waals surface area contributed by atoms with Crippen LogP contribution in [0.5, 0.6) is 5.75 Å². The Hall–Kier alpha value is -2.59. The Balaban J connectivity index is 1.51. The summed E-state index contributed by atoms with van der Waals surface area (Å²) in [4.78, 5) is 15.2. The Labute approximate surface area is 179 Å². The Morgan fingerprint density at radius 2 is 2.07 bits per heavy atom. The Morgan fingerprint density at radius 3 is 2.80 bits per heavy atom. The molecule has 1 fully saturated rings. The molecule has 4 nitrogen and oxygen atoms in total. The minimum Gasteiger partial charge on any atom is -0.493 e. The number of rotatable bonds is 7. The van der Waals surface area contributed by atoms with E-state index in [-0.39, 0.29) is 5.92 Å². The van der Waals surface area contributed by atoms with Crippen molar-refractivity contribution in [1.29, 1.82) is 0 Å². The number of ether oxygens (including phenoxy) is 1. The molecule has 1 N–H and O–H groups in total. The van der Waals surface area contributed by atoms with Gasteiger partial charge in [-0.25, -0.2) is 0 Å². The number of likely N-dealkylation sites (tertiary alicyclic amines) is 1. The highest BCUT2D eigenvalue weighted by atomic mass is 16.5. The van der Waals surface area contributed by atoms with E-state index in [1.807, 2.05) is 50.3 Å². The van der Waals surface area contributed by atoms with Gasteiger partial charge in [-0.15, -0.1) is 0 Å². The van der Waals surface area contributed by atoms with Crippen LogP contribution < -0.4 is 4.74 Å². The third-order valence-corrected chi connectivity index (χ3v) is 6.98. The van der Waals surface area contributed by atoms with Gasteiger partial charge in [0.15, 0.2) is 0 Å². The number of carboxylic acid groups (broad SMARTS) is 1. The lowest BCUT2D eigenvalue weighted by Gasteiger charge is -2.37. The summed E-state index contributed by atoms with van der Waals surface area (Å²) in [6.07, 6.45) is 4.84. The van der Waals surface area contributed by atoms with Gasteiger partial charge in [0.2, 0.25) is 0 Å². The van der Waals surface area contributed by atoms with Crippen molar-refractivity contribution in [2.45, 2.75) is 38.5 Å². The van der Waals surface area contributed by atoms with E-state index in [0.29, 0.717) is 0 Å². The van der Waals surface area contributed by atoms with Crippen molar-refractivity contribution in [3.8, 4) is 5.75 Å². The van der Waals surface area contributed by atoms with Crippen LogP contribution in [0.2, 0.25) is 0 Å². The van der Waals surface area contributed by atoms with Crippen molar-refractivity contribution in [1.82, 2.24) is 4.90 Å². The van der Waals surface area contributed by atoms with Crippen molar-refractivity contribution < 1.29 is 14.6 Å². The third-order valence-electron chi connectivity index (χ3n) is 6.98. The molecule has 4 heteroatoms. The van der Waals surface area contributed by atoms with Crippen LogP contribution in [0.3, 0.4) is 0 Å². The van der Waals surface area contributed by atoms with E-state index in [2.05, 4.69) is 23.1 Å². The van der Waals surface area contributed by atoms with Crippen molar-refractivity contribution in [2.75, 3.05) is 26.2 Å². The summed E-state index contributed by atoms with van der Waals surface area (Å²) in [5.74, 6) is 0.340. The maximum Gasteiger partial charge on any atom is 0.318 e. The molecular weight excluding hydrogens is 374 g/mol. The number of aliphatic carboxylic acids is 1. The summed E-state index contributed by atoms with van der Waals surface area (Å²) >= 11 is 0. The van der Waals surface area contributed by atoms with E-state index < -0.39 is 11.4 Å². The first-order valence-corrected chi connectivity index (χ1v) is 10.9. The van der Waals surface area contributed by atoms with Gasteiger partial charge in [-0.2, -0.15) is 0 Å². The molecule has 30 heavy (non-hydrogen) atoms. The Morgan fingerprint density at radius 1 is 1.27 bits per heavy atom. The number of carbonyl (C=O) groups is 1. The molecule has 1 unspecified atom stereocenters. The molecule has 2 aliphatic rings. The van der Waals surface area contributed by atoms with Crippen molar-refractivity contribution in [2.24, 2.45) is 5.92 Å². The van der Waals surface area contributed by atoms with Crippen LogP contribution in [0.15, 0.2) is 60.2 Å². The fraction of sp³-hybridized carbons (Fsp3) is 0.423. The molecule has 0 amide bonds. The van der Waals surface area contributed by atoms with Gasteiger partial charge in [0.05, 0.1) is 6.61 Å². The maximum atomic E-state index is 12.7. The molecule has 4 rings (SSSR count). The van der Waals surface area contributed by atoms with E-state index in [9.17, 15) is 9.90 Å². The molecule has 0 radical (unpaired) electrons. The van der Waals surface area contributed by atoms with Crippen LogP contribution in [-0.4, -0.2) is 42.2 Å². The zero-order valence-electron chi connectivity index (χ0n) is 17.9. The van der Waals surface area contributed by atoms with E-state index in [1.54, 1.807) is 0 Å². The average Bonchev–Trinajstić information content (AvgIpc) is 3.42. The molecule has 2 aliphatic heterocycles. The van der Waals surface area contributed by atoms with Gasteiger partial charge in [-0.3, -0.25) is 4.79 Å². The summed E-state index contributed by atoms with van der Waals surface area (Å²) in [5.41, 5.74) is 3.49. The van der Waals surface area contributed by atoms with E-state index in [4.69, 9.17) is 4.74 Å². The van der Waals surface area contributed by atoms with E-state index >= 15 is 0 Å². The first kappa shape index (κ1) is 20.7. The maximum absolute atomic E-state index is 12.7. The van der Waals surface area contributed by atoms with Crippen molar-refractivity contribution >= 4 is 5.97 Å². The second kappa shape index (κ2) is 8.65. The zero-order valence-corrected chi connectivity index (χ0v) is 17.9. The molecule has 2 atom stereocenters. The number of hydrogen-bond acceptors (Lipinski definition) is 3. The first-order valence-electron chi connectivity index (χ1n) is 10.9. The van der Waals surface area contributed by atoms with Crippen LogP contribution in [0, 0.1) is 5.92 Å². The topological polar surface area (TPSA) is 49.8 Å². The molecule has 0 aliphatic carbocycles. The quantitative estimate of drug-likeness (QED) is 0.691. The number of allylic oxidation sites excluding steroid dienone is 1. The molecule has 2 aromatic carbocycles. The molecule has 158 valence electrons. The monoisotopic (exact) mass is 405 g/mol. The largest absolute Gasteiger partial charge is 0.493 e. The highest BCUT2D eigenvalue weighted by Crippen LogP contribution is 2.44. The molecule has 0 aromatic heterocycles. The lowest BCUT2D eigenvalue weighted by atomic mass is 9.65. The molecule has 0 spiro atoms. The second-order valence-corrected chi connectivity index (χ2v) is 8.53. The number of carboxylic acids is 1. The Bertz CT molecular complexity index is 937. The summed E-state index contributed by atoms with van der Waals surface area (Å²) in [7, 11) is 0. The Kier molecular flexibility index (Phi) is 5.96. The fourth-order valence-electron chi connectivity index (χ4n) is 5.25. The van der Waals surface area contributed by atoms with E-state index in [0.717, 1.165) is 62.4 Å². The van der Waals surface area contributed by atoms with Crippen LogP contribution in [0.1, 0.15) is 37.0 Å². The predicted octanol–water partition coefficient (Wildman–Crippen LogP) is 4.47. The van der Waals surface area contributed by atoms with Gasteiger partial charge in [-0.05, 0) is 61.9 Å². The average molecular weight is 406 g/mol. The van der Waals surface area contributed by atoms with Gasteiger partial charge in [0, 0.05) is 19.5 Å². The SMILES string of the molecule is C/C=C(\C)[C@](C(=O)O)(c1ccccc1)C1CCN(CCc2ccc3c(c2)CCO3)C1. The minimum atomic E-state index is -0.963. The highest BCUT2D eigenvalue weighted by Gasteiger charge is 2.50. The molecule has 1 saturated heterocycles. The highest BCUT2D eigenvalue weighted by molar-refractivity contribution is 5.86. The smallest absolute Gasteiger partial charge is 0.318 e.